The van der Waals surface area contributed by atoms with E-state index in [1.54, 1.807) is 0 Å². The molecule has 0 unspecified atom stereocenters. The number of hydrogen-bond acceptors (Lipinski definition) is 0. The number of rotatable bonds is 6. The Morgan fingerprint density at radius 2 is 0.943 bits per heavy atom. The maximum Gasteiger partial charge on any atom is 0.0695 e. The van der Waals surface area contributed by atoms with Crippen molar-refractivity contribution >= 4 is 21.5 Å². The predicted octanol–water partition coefficient (Wildman–Crippen LogP) is 8.74. The summed E-state index contributed by atoms with van der Waals surface area (Å²) in [7, 11) is 0. The van der Waals surface area contributed by atoms with Gasteiger partial charge in [0.25, 0.3) is 0 Å². The van der Waals surface area contributed by atoms with E-state index in [4.69, 9.17) is 0 Å². The molecule has 2 aliphatic rings. The summed E-state index contributed by atoms with van der Waals surface area (Å²) < 4.78 is 0. The molecule has 0 radical (unpaired) electrons. The van der Waals surface area contributed by atoms with Gasteiger partial charge in [-0.1, -0.05) is 86.0 Å². The molecule has 0 fully saturated rings. The zero-order valence-corrected chi connectivity index (χ0v) is 20.8. The van der Waals surface area contributed by atoms with E-state index in [0.717, 1.165) is 0 Å². The summed E-state index contributed by atoms with van der Waals surface area (Å²) in [5, 5.41) is 5.26. The molecule has 0 saturated carbocycles. The average Bonchev–Trinajstić information content (AvgIpc) is 2.86. The lowest BCUT2D eigenvalue weighted by Crippen LogP contribution is -2.32. The van der Waals surface area contributed by atoms with Crippen molar-refractivity contribution in [3.63, 3.8) is 0 Å². The zero-order chi connectivity index (χ0) is 24.2. The van der Waals surface area contributed by atoms with Gasteiger partial charge in [0.1, 0.15) is 0 Å². The Balaban J connectivity index is 1.68. The Morgan fingerprint density at radius 1 is 0.571 bits per heavy atom. The van der Waals surface area contributed by atoms with Crippen LogP contribution >= 0.6 is 0 Å². The normalized spacial score (nSPS) is 15.3. The van der Waals surface area contributed by atoms with Crippen LogP contribution in [-0.2, 0) is 31.1 Å². The summed E-state index contributed by atoms with van der Waals surface area (Å²) in [4.78, 5) is 0. The van der Waals surface area contributed by atoms with Gasteiger partial charge in [-0.05, 0) is 118 Å². The van der Waals surface area contributed by atoms with Crippen LogP contribution in [0.1, 0.15) is 47.2 Å². The molecule has 6 rings (SSSR count). The van der Waals surface area contributed by atoms with Crippen LogP contribution in [0.4, 0.5) is 0 Å². The topological polar surface area (TPSA) is 0 Å². The van der Waals surface area contributed by atoms with Gasteiger partial charge < -0.3 is 0 Å². The summed E-state index contributed by atoms with van der Waals surface area (Å²) >= 11 is 0. The first-order valence-electron chi connectivity index (χ1n) is 12.8. The van der Waals surface area contributed by atoms with Crippen LogP contribution in [0, 0.1) is 0 Å². The molecule has 0 heterocycles. The molecule has 0 bridgehead atoms. The summed E-state index contributed by atoms with van der Waals surface area (Å²) in [6.07, 6.45) is 13.3. The van der Waals surface area contributed by atoms with E-state index < -0.39 is 5.41 Å². The van der Waals surface area contributed by atoms with Crippen LogP contribution in [0.2, 0.25) is 0 Å². The summed E-state index contributed by atoms with van der Waals surface area (Å²) in [6, 6.07) is 23.6. The monoisotopic (exact) mass is 452 g/mol. The van der Waals surface area contributed by atoms with Crippen LogP contribution in [0.25, 0.3) is 21.5 Å². The Hall–Kier alpha value is -3.64. The van der Waals surface area contributed by atoms with Crippen molar-refractivity contribution in [2.75, 3.05) is 0 Å². The van der Waals surface area contributed by atoms with Gasteiger partial charge in [0.2, 0.25) is 0 Å². The number of benzene rings is 4. The van der Waals surface area contributed by atoms with E-state index in [1.165, 1.54) is 91.8 Å². The molecule has 4 aromatic rings. The van der Waals surface area contributed by atoms with E-state index in [-0.39, 0.29) is 0 Å². The number of fused-ring (bicyclic) bond motifs is 4. The second kappa shape index (κ2) is 8.24. The molecule has 0 spiro atoms. The number of aryl methyl sites for hydroxylation is 4. The molecule has 0 aromatic heterocycles. The SMILES string of the molecule is C=C/C(=C\C)C(/C(C=C)=C/C)(c1ccc2cc3c(cc2c1)CC3)c1ccc2cc3c(cc2c1)CC3. The van der Waals surface area contributed by atoms with Gasteiger partial charge in [-0.3, -0.25) is 0 Å². The highest BCUT2D eigenvalue weighted by Gasteiger charge is 2.39. The summed E-state index contributed by atoms with van der Waals surface area (Å²) in [5.41, 5.74) is 10.4. The largest absolute Gasteiger partial charge is 0.0987 e. The number of hydrogen-bond donors (Lipinski definition) is 0. The maximum absolute atomic E-state index is 4.26. The lowest BCUT2D eigenvalue weighted by Gasteiger charge is -2.39. The van der Waals surface area contributed by atoms with Gasteiger partial charge >= 0.3 is 0 Å². The van der Waals surface area contributed by atoms with Crippen LogP contribution in [-0.4, -0.2) is 0 Å². The molecule has 0 heteroatoms. The van der Waals surface area contributed by atoms with E-state index in [9.17, 15) is 0 Å². The minimum absolute atomic E-state index is 0.485. The highest BCUT2D eigenvalue weighted by molar-refractivity contribution is 5.89. The van der Waals surface area contributed by atoms with Crippen molar-refractivity contribution in [2.45, 2.75) is 44.9 Å². The van der Waals surface area contributed by atoms with Crippen molar-refractivity contribution in [3.05, 3.63) is 143 Å². The molecule has 4 aromatic carbocycles. The van der Waals surface area contributed by atoms with Crippen LogP contribution < -0.4 is 0 Å². The fraction of sp³-hybridized carbons (Fsp3) is 0.200. The maximum atomic E-state index is 4.26. The molecular formula is C35H32. The van der Waals surface area contributed by atoms with Gasteiger partial charge in [-0.15, -0.1) is 0 Å². The van der Waals surface area contributed by atoms with Gasteiger partial charge in [-0.2, -0.15) is 0 Å². The molecule has 0 aliphatic heterocycles. The van der Waals surface area contributed by atoms with Gasteiger partial charge in [0.15, 0.2) is 0 Å². The fourth-order valence-electron chi connectivity index (χ4n) is 6.34. The first-order valence-corrected chi connectivity index (χ1v) is 12.8. The number of allylic oxidation sites excluding steroid dienone is 6. The highest BCUT2D eigenvalue weighted by Crippen LogP contribution is 2.48. The van der Waals surface area contributed by atoms with Crippen molar-refractivity contribution in [1.29, 1.82) is 0 Å². The predicted molar refractivity (Wildman–Crippen MR) is 151 cm³/mol. The summed E-state index contributed by atoms with van der Waals surface area (Å²) in [6.45, 7) is 12.8. The molecule has 0 atom stereocenters. The van der Waals surface area contributed by atoms with E-state index in [1.807, 2.05) is 12.2 Å². The smallest absolute Gasteiger partial charge is 0.0695 e. The van der Waals surface area contributed by atoms with Crippen molar-refractivity contribution in [1.82, 2.24) is 0 Å². The quantitative estimate of drug-likeness (QED) is 0.257. The molecule has 0 N–H and O–H groups in total. The second-order valence-corrected chi connectivity index (χ2v) is 10.0. The van der Waals surface area contributed by atoms with Crippen molar-refractivity contribution < 1.29 is 0 Å². The van der Waals surface area contributed by atoms with Crippen LogP contribution in [0.3, 0.4) is 0 Å². The standard InChI is InChI=1S/C35H32/c1-5-31(6-2)35(32(7-3)8-4,33-15-13-27-17-23-9-11-25(23)19-29(27)21-33)34-16-14-28-18-24-10-12-26(24)20-30(28)22-34/h5-8,13-22H,1,3,9-12H2,2,4H3/b31-6+,32-8+. The van der Waals surface area contributed by atoms with Gasteiger partial charge in [0.05, 0.1) is 5.41 Å². The molecule has 0 amide bonds. The molecule has 2 aliphatic carbocycles. The fourth-order valence-corrected chi connectivity index (χ4v) is 6.34. The van der Waals surface area contributed by atoms with E-state index >= 15 is 0 Å². The first-order chi connectivity index (χ1) is 17.1. The second-order valence-electron chi connectivity index (χ2n) is 10.0. The Morgan fingerprint density at radius 3 is 1.26 bits per heavy atom. The molecule has 0 saturated heterocycles. The molecular weight excluding hydrogens is 420 g/mol. The Kier molecular flexibility index (Phi) is 5.15. The van der Waals surface area contributed by atoms with Crippen LogP contribution in [0.5, 0.6) is 0 Å². The third kappa shape index (κ3) is 3.13. The lowest BCUT2D eigenvalue weighted by molar-refractivity contribution is 0.742. The lowest BCUT2D eigenvalue weighted by atomic mass is 9.63. The first kappa shape index (κ1) is 21.9. The Labute approximate surface area is 209 Å². The van der Waals surface area contributed by atoms with E-state index in [2.05, 4.69) is 99.8 Å². The third-order valence-electron chi connectivity index (χ3n) is 8.44. The Bertz CT molecular complexity index is 1470. The molecule has 0 nitrogen and oxygen atoms in total. The molecule has 35 heavy (non-hydrogen) atoms. The minimum Gasteiger partial charge on any atom is -0.0987 e. The van der Waals surface area contributed by atoms with Gasteiger partial charge in [-0.25, -0.2) is 0 Å². The summed E-state index contributed by atoms with van der Waals surface area (Å²) in [5.74, 6) is 0. The van der Waals surface area contributed by atoms with Crippen molar-refractivity contribution in [2.24, 2.45) is 0 Å². The highest BCUT2D eigenvalue weighted by atomic mass is 14.4. The van der Waals surface area contributed by atoms with E-state index in [0.29, 0.717) is 0 Å². The van der Waals surface area contributed by atoms with Crippen LogP contribution in [0.15, 0.2) is 109 Å². The minimum atomic E-state index is -0.485. The van der Waals surface area contributed by atoms with Crippen molar-refractivity contribution in [3.8, 4) is 0 Å². The average molecular weight is 453 g/mol. The third-order valence-corrected chi connectivity index (χ3v) is 8.44. The molecule has 172 valence electrons. The zero-order valence-electron chi connectivity index (χ0n) is 20.8. The van der Waals surface area contributed by atoms with Gasteiger partial charge in [0, 0.05) is 0 Å².